The fourth-order valence-electron chi connectivity index (χ4n) is 4.56. The number of carbonyl (C=O) groups is 1. The Labute approximate surface area is 194 Å². The number of fused-ring (bicyclic) bond motifs is 1. The fourth-order valence-corrected chi connectivity index (χ4v) is 4.56. The molecule has 0 bridgehead atoms. The Bertz CT molecular complexity index is 1270. The van der Waals surface area contributed by atoms with Crippen LogP contribution in [0, 0.1) is 11.3 Å². The van der Waals surface area contributed by atoms with Crippen LogP contribution in [0.2, 0.25) is 0 Å². The maximum absolute atomic E-state index is 13.3. The molecule has 0 aromatic heterocycles. The summed E-state index contributed by atoms with van der Waals surface area (Å²) in [4.78, 5) is 17.4. The zero-order valence-corrected chi connectivity index (χ0v) is 18.4. The van der Waals surface area contributed by atoms with Crippen LogP contribution in [0.5, 0.6) is 0 Å². The Hall–Kier alpha value is -4.10. The molecule has 1 amide bonds. The third-order valence-corrected chi connectivity index (χ3v) is 6.37. The molecule has 0 saturated heterocycles. The molecule has 2 aliphatic rings. The van der Waals surface area contributed by atoms with E-state index in [0.29, 0.717) is 31.7 Å². The second-order valence-corrected chi connectivity index (χ2v) is 8.46. The van der Waals surface area contributed by atoms with Crippen molar-refractivity contribution < 1.29 is 4.79 Å². The highest BCUT2D eigenvalue weighted by Crippen LogP contribution is 2.30. The van der Waals surface area contributed by atoms with Gasteiger partial charge in [0.25, 0.3) is 0 Å². The summed E-state index contributed by atoms with van der Waals surface area (Å²) in [6, 6.07) is 28.6. The van der Waals surface area contributed by atoms with Gasteiger partial charge in [-0.3, -0.25) is 4.79 Å². The Morgan fingerprint density at radius 1 is 0.909 bits per heavy atom. The van der Waals surface area contributed by atoms with E-state index in [2.05, 4.69) is 59.5 Å². The number of nitriles is 1. The monoisotopic (exact) mass is 431 g/mol. The van der Waals surface area contributed by atoms with Crippen molar-refractivity contribution in [2.24, 2.45) is 0 Å². The van der Waals surface area contributed by atoms with Gasteiger partial charge in [0.2, 0.25) is 5.91 Å². The van der Waals surface area contributed by atoms with E-state index in [4.69, 9.17) is 5.26 Å². The minimum Gasteiger partial charge on any atom is -0.358 e. The standard InChI is InChI=1S/C29H25N3O/c30-19-22-11-12-27-20-32(16-14-25(27)17-22)29(33)21-31-15-13-26(23-7-3-1-4-8-23)18-28(31)24-9-5-2-6-10-24/h1-13,17-18H,14-16,20-21H2. The molecule has 0 N–H and O–H groups in total. The first-order chi connectivity index (χ1) is 16.2. The van der Waals surface area contributed by atoms with Crippen molar-refractivity contribution in [2.45, 2.75) is 13.0 Å². The average Bonchev–Trinajstić information content (AvgIpc) is 2.89. The van der Waals surface area contributed by atoms with Gasteiger partial charge in [0, 0.05) is 25.3 Å². The van der Waals surface area contributed by atoms with E-state index in [9.17, 15) is 4.79 Å². The van der Waals surface area contributed by atoms with E-state index in [1.165, 1.54) is 16.7 Å². The molecular weight excluding hydrogens is 406 g/mol. The summed E-state index contributed by atoms with van der Waals surface area (Å²) < 4.78 is 0. The molecule has 0 atom stereocenters. The first-order valence-electron chi connectivity index (χ1n) is 11.3. The van der Waals surface area contributed by atoms with Gasteiger partial charge in [-0.05, 0) is 52.5 Å². The lowest BCUT2D eigenvalue weighted by Gasteiger charge is -2.34. The number of nitrogens with zero attached hydrogens (tertiary/aromatic N) is 3. The van der Waals surface area contributed by atoms with Gasteiger partial charge in [0.15, 0.2) is 0 Å². The maximum Gasteiger partial charge on any atom is 0.242 e. The third-order valence-electron chi connectivity index (χ3n) is 6.37. The van der Waals surface area contributed by atoms with Crippen LogP contribution < -0.4 is 0 Å². The van der Waals surface area contributed by atoms with Crippen molar-refractivity contribution in [1.29, 1.82) is 5.26 Å². The van der Waals surface area contributed by atoms with Gasteiger partial charge in [-0.15, -0.1) is 0 Å². The third kappa shape index (κ3) is 4.44. The van der Waals surface area contributed by atoms with Gasteiger partial charge in [-0.1, -0.05) is 72.8 Å². The number of carbonyl (C=O) groups excluding carboxylic acids is 1. The van der Waals surface area contributed by atoms with Crippen molar-refractivity contribution in [3.05, 3.63) is 119 Å². The molecular formula is C29H25N3O. The molecule has 4 nitrogen and oxygen atoms in total. The minimum absolute atomic E-state index is 0.128. The van der Waals surface area contributed by atoms with Gasteiger partial charge in [0.05, 0.1) is 18.2 Å². The molecule has 0 unspecified atom stereocenters. The van der Waals surface area contributed by atoms with Crippen LogP contribution in [0.15, 0.2) is 91.0 Å². The van der Waals surface area contributed by atoms with Gasteiger partial charge < -0.3 is 9.80 Å². The summed E-state index contributed by atoms with van der Waals surface area (Å²) in [6.45, 7) is 2.31. The first kappa shape index (κ1) is 20.8. The second kappa shape index (κ2) is 9.18. The molecule has 0 saturated carbocycles. The number of rotatable bonds is 4. The van der Waals surface area contributed by atoms with E-state index in [1.807, 2.05) is 47.4 Å². The SMILES string of the molecule is N#Cc1ccc2c(c1)CCN(C(=O)CN1CC=C(c3ccccc3)C=C1c1ccccc1)C2. The largest absolute Gasteiger partial charge is 0.358 e. The molecule has 3 aromatic rings. The van der Waals surface area contributed by atoms with Gasteiger partial charge in [-0.2, -0.15) is 5.26 Å². The van der Waals surface area contributed by atoms with Crippen LogP contribution in [-0.2, 0) is 17.8 Å². The van der Waals surface area contributed by atoms with Crippen molar-refractivity contribution in [3.8, 4) is 6.07 Å². The molecule has 0 spiro atoms. The predicted molar refractivity (Wildman–Crippen MR) is 131 cm³/mol. The summed E-state index contributed by atoms with van der Waals surface area (Å²) >= 11 is 0. The second-order valence-electron chi connectivity index (χ2n) is 8.46. The molecule has 162 valence electrons. The molecule has 0 aliphatic carbocycles. The molecule has 0 fully saturated rings. The van der Waals surface area contributed by atoms with E-state index >= 15 is 0 Å². The lowest BCUT2D eigenvalue weighted by Crippen LogP contribution is -2.42. The normalized spacial score (nSPS) is 15.2. The number of amides is 1. The highest BCUT2D eigenvalue weighted by molar-refractivity contribution is 5.87. The van der Waals surface area contributed by atoms with Crippen LogP contribution in [-0.4, -0.2) is 35.3 Å². The Kier molecular flexibility index (Phi) is 5.78. The Balaban J connectivity index is 1.36. The van der Waals surface area contributed by atoms with Gasteiger partial charge in [0.1, 0.15) is 0 Å². The van der Waals surface area contributed by atoms with Crippen LogP contribution in [0.3, 0.4) is 0 Å². The van der Waals surface area contributed by atoms with E-state index in [-0.39, 0.29) is 5.91 Å². The van der Waals surface area contributed by atoms with Crippen LogP contribution >= 0.6 is 0 Å². The van der Waals surface area contributed by atoms with Crippen molar-refractivity contribution in [1.82, 2.24) is 9.80 Å². The highest BCUT2D eigenvalue weighted by atomic mass is 16.2. The molecule has 4 heteroatoms. The summed E-state index contributed by atoms with van der Waals surface area (Å²) in [5, 5.41) is 9.14. The van der Waals surface area contributed by atoms with Crippen LogP contribution in [0.1, 0.15) is 27.8 Å². The topological polar surface area (TPSA) is 47.3 Å². The summed E-state index contributed by atoms with van der Waals surface area (Å²) in [5.41, 5.74) is 7.54. The number of hydrogen-bond donors (Lipinski definition) is 0. The van der Waals surface area contributed by atoms with E-state index < -0.39 is 0 Å². The molecule has 0 radical (unpaired) electrons. The quantitative estimate of drug-likeness (QED) is 0.591. The molecule has 3 aromatic carbocycles. The van der Waals surface area contributed by atoms with E-state index in [1.54, 1.807) is 0 Å². The summed E-state index contributed by atoms with van der Waals surface area (Å²) in [6.07, 6.45) is 5.18. The van der Waals surface area contributed by atoms with Gasteiger partial charge >= 0.3 is 0 Å². The zero-order valence-electron chi connectivity index (χ0n) is 18.4. The lowest BCUT2D eigenvalue weighted by molar-refractivity contribution is -0.132. The minimum atomic E-state index is 0.128. The first-order valence-corrected chi connectivity index (χ1v) is 11.3. The molecule has 2 aliphatic heterocycles. The predicted octanol–water partition coefficient (Wildman–Crippen LogP) is 4.88. The van der Waals surface area contributed by atoms with Crippen molar-refractivity contribution >= 4 is 17.2 Å². The van der Waals surface area contributed by atoms with Gasteiger partial charge in [-0.25, -0.2) is 0 Å². The van der Waals surface area contributed by atoms with E-state index in [0.717, 1.165) is 23.2 Å². The number of hydrogen-bond acceptors (Lipinski definition) is 3. The average molecular weight is 432 g/mol. The zero-order chi connectivity index (χ0) is 22.6. The van der Waals surface area contributed by atoms with Crippen LogP contribution in [0.25, 0.3) is 11.3 Å². The maximum atomic E-state index is 13.3. The Morgan fingerprint density at radius 3 is 2.36 bits per heavy atom. The fraction of sp³-hybridized carbons (Fsp3) is 0.172. The van der Waals surface area contributed by atoms with Crippen molar-refractivity contribution in [3.63, 3.8) is 0 Å². The summed E-state index contributed by atoms with van der Waals surface area (Å²) in [5.74, 6) is 0.128. The highest BCUT2D eigenvalue weighted by Gasteiger charge is 2.25. The van der Waals surface area contributed by atoms with Crippen molar-refractivity contribution in [2.75, 3.05) is 19.6 Å². The molecule has 33 heavy (non-hydrogen) atoms. The van der Waals surface area contributed by atoms with Crippen LogP contribution in [0.4, 0.5) is 0 Å². The molecule has 2 heterocycles. The summed E-state index contributed by atoms with van der Waals surface area (Å²) in [7, 11) is 0. The lowest BCUT2D eigenvalue weighted by atomic mass is 9.97. The number of allylic oxidation sites excluding steroid dienone is 2. The molecule has 5 rings (SSSR count). The smallest absolute Gasteiger partial charge is 0.242 e. The Morgan fingerprint density at radius 2 is 1.64 bits per heavy atom. The number of benzene rings is 3.